The van der Waals surface area contributed by atoms with Gasteiger partial charge in [0.25, 0.3) is 0 Å². The Hall–Kier alpha value is -0.877. The number of hydrogen-bond acceptors (Lipinski definition) is 0. The van der Waals surface area contributed by atoms with Gasteiger partial charge in [0.2, 0.25) is 0 Å². The number of rotatable bonds is 2. The Morgan fingerprint density at radius 2 is 1.74 bits per heavy atom. The molecule has 27 heavy (non-hydrogen) atoms. The minimum atomic E-state index is -0.826. The summed E-state index contributed by atoms with van der Waals surface area (Å²) in [7, 11) is 9.87. The molecule has 0 amide bonds. The van der Waals surface area contributed by atoms with Crippen LogP contribution in [0, 0.1) is 6.92 Å². The molecule has 4 aromatic carbocycles. The first-order valence-corrected chi connectivity index (χ1v) is 15.5. The summed E-state index contributed by atoms with van der Waals surface area (Å²) in [6, 6.07) is 22.6. The summed E-state index contributed by atoms with van der Waals surface area (Å²) in [6.45, 7) is 9.10. The molecule has 0 atom stereocenters. The normalized spacial score (nSPS) is 11.3. The molecule has 0 aliphatic rings. The molecular formula is C24H24Cl2Zr. The van der Waals surface area contributed by atoms with Gasteiger partial charge in [0.15, 0.2) is 0 Å². The number of fused-ring (bicyclic) bond motifs is 2. The Kier molecular flexibility index (Phi) is 6.67. The van der Waals surface area contributed by atoms with E-state index in [1.807, 2.05) is 0 Å². The van der Waals surface area contributed by atoms with Crippen LogP contribution in [-0.2, 0) is 32.7 Å². The van der Waals surface area contributed by atoms with E-state index in [1.54, 1.807) is 0 Å². The van der Waals surface area contributed by atoms with Crippen molar-refractivity contribution in [2.24, 2.45) is 0 Å². The zero-order valence-corrected chi connectivity index (χ0v) is 20.2. The van der Waals surface area contributed by atoms with Crippen molar-refractivity contribution in [3.8, 4) is 0 Å². The second-order valence-electron chi connectivity index (χ2n) is 8.08. The van der Waals surface area contributed by atoms with Gasteiger partial charge < -0.3 is 0 Å². The maximum atomic E-state index is 4.93. The molecule has 3 heteroatoms. The Bertz CT molecular complexity index is 1050. The Balaban J connectivity index is 0.000000659. The van der Waals surface area contributed by atoms with Crippen LogP contribution in [0.15, 0.2) is 60.7 Å². The standard InChI is InChI=1S/C24H24.2ClH.Zr/c1-16-12-17-8-7-9-18(22(17)13-16)14-19-15-23(24(2,3)4)21-11-6-5-10-20(19)21;;;/h5-13,15H,14H2,1-4H3;2*1H;/q-2;;;+4/p-2. The first-order valence-electron chi connectivity index (χ1n) is 9.14. The third kappa shape index (κ3) is 4.59. The van der Waals surface area contributed by atoms with Crippen molar-refractivity contribution in [2.45, 2.75) is 39.5 Å². The van der Waals surface area contributed by atoms with Crippen molar-refractivity contribution < 1.29 is 20.8 Å². The molecule has 0 unspecified atom stereocenters. The van der Waals surface area contributed by atoms with Gasteiger partial charge in [-0.15, -0.1) is 86.3 Å². The van der Waals surface area contributed by atoms with E-state index in [0.29, 0.717) is 0 Å². The fourth-order valence-electron chi connectivity index (χ4n) is 3.90. The van der Waals surface area contributed by atoms with Gasteiger partial charge in [0.05, 0.1) is 0 Å². The number of aryl methyl sites for hydroxylation is 1. The molecule has 0 spiro atoms. The molecule has 0 aliphatic carbocycles. The van der Waals surface area contributed by atoms with Crippen LogP contribution in [0.4, 0.5) is 0 Å². The van der Waals surface area contributed by atoms with Crippen LogP contribution in [0.5, 0.6) is 0 Å². The van der Waals surface area contributed by atoms with Crippen LogP contribution in [0.2, 0.25) is 0 Å². The maximum absolute atomic E-state index is 4.93. The van der Waals surface area contributed by atoms with Gasteiger partial charge in [0.1, 0.15) is 0 Å². The monoisotopic (exact) mass is 472 g/mol. The third-order valence-electron chi connectivity index (χ3n) is 5.06. The first kappa shape index (κ1) is 20.8. The van der Waals surface area contributed by atoms with Crippen LogP contribution < -0.4 is 0 Å². The summed E-state index contributed by atoms with van der Waals surface area (Å²) in [5.41, 5.74) is 5.85. The molecule has 0 nitrogen and oxygen atoms in total. The average molecular weight is 475 g/mol. The van der Waals surface area contributed by atoms with Crippen LogP contribution in [0.1, 0.15) is 43.0 Å². The van der Waals surface area contributed by atoms with Crippen LogP contribution in [-0.4, -0.2) is 0 Å². The van der Waals surface area contributed by atoms with Crippen LogP contribution in [0.3, 0.4) is 0 Å². The second kappa shape index (κ2) is 8.65. The SMILES string of the molecule is Cc1cc2cccc(C[c-]3cc(C(C)(C)C)c4ccccc43)c2[cH-]1.[Cl][Zr+2][Cl]. The second-order valence-corrected chi connectivity index (χ2v) is 11.8. The summed E-state index contributed by atoms with van der Waals surface area (Å²) < 4.78 is 0. The minimum absolute atomic E-state index is 0.167. The first-order chi connectivity index (χ1) is 12.8. The van der Waals surface area contributed by atoms with Crippen molar-refractivity contribution in [3.63, 3.8) is 0 Å². The predicted octanol–water partition coefficient (Wildman–Crippen LogP) is 8.00. The molecule has 0 fully saturated rings. The summed E-state index contributed by atoms with van der Waals surface area (Å²) in [5.74, 6) is 0. The van der Waals surface area contributed by atoms with E-state index in [4.69, 9.17) is 17.0 Å². The van der Waals surface area contributed by atoms with Gasteiger partial charge in [-0.3, -0.25) is 0 Å². The summed E-state index contributed by atoms with van der Waals surface area (Å²) in [5, 5.41) is 5.57. The summed E-state index contributed by atoms with van der Waals surface area (Å²) in [6.07, 6.45) is 0.997. The van der Waals surface area contributed by atoms with E-state index >= 15 is 0 Å². The zero-order valence-electron chi connectivity index (χ0n) is 16.2. The van der Waals surface area contributed by atoms with E-state index < -0.39 is 20.8 Å². The Morgan fingerprint density at radius 3 is 2.44 bits per heavy atom. The van der Waals surface area contributed by atoms with Crippen molar-refractivity contribution in [1.82, 2.24) is 0 Å². The molecule has 0 aliphatic heterocycles. The average Bonchev–Trinajstić information content (AvgIpc) is 3.16. The molecule has 4 rings (SSSR count). The van der Waals surface area contributed by atoms with E-state index in [-0.39, 0.29) is 5.41 Å². The Morgan fingerprint density at radius 1 is 1.04 bits per heavy atom. The third-order valence-corrected chi connectivity index (χ3v) is 5.06. The number of hydrogen-bond donors (Lipinski definition) is 0. The molecule has 0 heterocycles. The van der Waals surface area contributed by atoms with E-state index in [0.717, 1.165) is 6.42 Å². The van der Waals surface area contributed by atoms with E-state index in [2.05, 4.69) is 88.4 Å². The van der Waals surface area contributed by atoms with Gasteiger partial charge >= 0.3 is 37.9 Å². The summed E-state index contributed by atoms with van der Waals surface area (Å²) in [4.78, 5) is 0. The predicted molar refractivity (Wildman–Crippen MR) is 117 cm³/mol. The van der Waals surface area contributed by atoms with E-state index in [1.165, 1.54) is 43.8 Å². The molecular weight excluding hydrogens is 450 g/mol. The molecule has 0 radical (unpaired) electrons. The topological polar surface area (TPSA) is 0 Å². The van der Waals surface area contributed by atoms with Gasteiger partial charge in [-0.25, -0.2) is 0 Å². The fourth-order valence-corrected chi connectivity index (χ4v) is 3.90. The van der Waals surface area contributed by atoms with Crippen molar-refractivity contribution >= 4 is 38.6 Å². The number of halogens is 2. The molecule has 0 saturated carbocycles. The molecule has 0 bridgehead atoms. The van der Waals surface area contributed by atoms with E-state index in [9.17, 15) is 0 Å². The van der Waals surface area contributed by atoms with Crippen LogP contribution >= 0.6 is 17.0 Å². The van der Waals surface area contributed by atoms with Crippen LogP contribution in [0.25, 0.3) is 21.5 Å². The van der Waals surface area contributed by atoms with Crippen molar-refractivity contribution in [3.05, 3.63) is 82.9 Å². The molecule has 138 valence electrons. The van der Waals surface area contributed by atoms with Gasteiger partial charge in [0, 0.05) is 0 Å². The molecule has 0 saturated heterocycles. The van der Waals surface area contributed by atoms with Gasteiger partial charge in [-0.05, 0) is 0 Å². The quantitative estimate of drug-likeness (QED) is 0.258. The van der Waals surface area contributed by atoms with Gasteiger partial charge in [-0.1, -0.05) is 51.7 Å². The molecule has 0 N–H and O–H groups in total. The van der Waals surface area contributed by atoms with Crippen molar-refractivity contribution in [2.75, 3.05) is 0 Å². The van der Waals surface area contributed by atoms with Crippen molar-refractivity contribution in [1.29, 1.82) is 0 Å². The molecule has 4 aromatic rings. The fraction of sp³-hybridized carbons (Fsp3) is 0.250. The Labute approximate surface area is 180 Å². The zero-order chi connectivity index (χ0) is 19.6. The molecule has 0 aromatic heterocycles. The van der Waals surface area contributed by atoms with Gasteiger partial charge in [-0.2, -0.15) is 6.07 Å². The number of benzene rings is 2. The summed E-state index contributed by atoms with van der Waals surface area (Å²) >= 11 is -0.826.